The van der Waals surface area contributed by atoms with Gasteiger partial charge in [0.25, 0.3) is 0 Å². The Bertz CT molecular complexity index is 5040. The molecule has 0 saturated heterocycles. The van der Waals surface area contributed by atoms with E-state index in [0.717, 1.165) is 0 Å². The van der Waals surface area contributed by atoms with Gasteiger partial charge in [0, 0.05) is 33.5 Å². The highest BCUT2D eigenvalue weighted by Crippen LogP contribution is 2.43. The smallest absolute Gasteiger partial charge is 0.0652 e. The molecule has 0 unspecified atom stereocenters. The number of anilines is 3. The summed E-state index contributed by atoms with van der Waals surface area (Å²) in [6.07, 6.45) is 0. The van der Waals surface area contributed by atoms with E-state index in [1.54, 1.807) is 0 Å². The molecule has 0 atom stereocenters. The third kappa shape index (κ3) is 6.14. The summed E-state index contributed by atoms with van der Waals surface area (Å²) >= 11 is 0. The van der Waals surface area contributed by atoms with Gasteiger partial charge in [0.15, 0.2) is 0 Å². The molecular formula is C54H38N2. The van der Waals surface area contributed by atoms with Gasteiger partial charge < -0.3 is 9.47 Å². The molecule has 9 aromatic carbocycles. The van der Waals surface area contributed by atoms with Crippen LogP contribution in [0.15, 0.2) is 230 Å². The second-order valence-electron chi connectivity index (χ2n) is 11.3. The van der Waals surface area contributed by atoms with E-state index in [2.05, 4.69) is 0 Å². The summed E-state index contributed by atoms with van der Waals surface area (Å²) in [5.41, 5.74) is -15.3. The molecule has 1 heterocycles. The zero-order valence-corrected chi connectivity index (χ0v) is 27.9. The average Bonchev–Trinajstić information content (AvgIpc) is 1.39. The first-order valence-corrected chi connectivity index (χ1v) is 16.1. The van der Waals surface area contributed by atoms with E-state index in [4.69, 9.17) is 32.9 Å². The van der Waals surface area contributed by atoms with Crippen molar-refractivity contribution >= 4 is 38.9 Å². The van der Waals surface area contributed by atoms with Crippen molar-refractivity contribution in [3.8, 4) is 50.2 Å². The molecule has 10 aromatic rings. The van der Waals surface area contributed by atoms with Crippen molar-refractivity contribution < 1.29 is 52.1 Å². The number of nitrogens with zero attached hydrogens (tertiary/aromatic N) is 2. The minimum Gasteiger partial charge on any atom is -0.310 e. The molecule has 264 valence electrons. The molecule has 0 amide bonds. The zero-order chi connectivity index (χ0) is 70.3. The van der Waals surface area contributed by atoms with Crippen molar-refractivity contribution in [2.45, 2.75) is 0 Å². The van der Waals surface area contributed by atoms with E-state index in [-0.39, 0.29) is 4.90 Å². The highest BCUT2D eigenvalue weighted by molar-refractivity contribution is 6.10. The summed E-state index contributed by atoms with van der Waals surface area (Å²) in [5, 5.41) is -1.52. The standard InChI is InChI=1S/C54H38N2/c1-5-16-39(17-6-1)40-28-31-46(32-29-40)55(48-33-34-49(41-18-7-2-8-19-41)51(38-48)42-20-9-3-10-21-42)47-25-15-22-43(36-47)44-30-35-54-52(37-44)50-26-13-14-27-53(50)56(54)45-23-11-4-12-24-45/h1-38H/i1D,2D,3D,4D,5D,6D,7D,8D,9D,10D,11D,12D,13D,14D,15D,16D,17D,18D,19D,20D,21D,22D,23D,24D,25D,26D,27D,28D,29D,30D,31D,32D,33D,34D,35D,36D,37D,38D. The molecule has 0 N–H and O–H groups in total. The summed E-state index contributed by atoms with van der Waals surface area (Å²) in [6, 6.07) is -44.6. The van der Waals surface area contributed by atoms with Crippen molar-refractivity contribution in [3.63, 3.8) is 0 Å². The Kier molecular flexibility index (Phi) is 3.10. The largest absolute Gasteiger partial charge is 0.310 e. The Labute approximate surface area is 381 Å². The number of rotatable bonds is 8. The highest BCUT2D eigenvalue weighted by atomic mass is 15.1. The van der Waals surface area contributed by atoms with Crippen LogP contribution in [0.5, 0.6) is 0 Å². The Morgan fingerprint density at radius 1 is 0.304 bits per heavy atom. The number of aromatic nitrogens is 1. The van der Waals surface area contributed by atoms with E-state index in [1.807, 2.05) is 0 Å². The number of para-hydroxylation sites is 2. The summed E-state index contributed by atoms with van der Waals surface area (Å²) < 4.78 is 345. The normalized spacial score (nSPS) is 20.7. The molecule has 0 aliphatic rings. The summed E-state index contributed by atoms with van der Waals surface area (Å²) in [6.45, 7) is 0. The fourth-order valence-corrected chi connectivity index (χ4v) is 5.68. The minimum absolute atomic E-state index is 0.152. The minimum atomic E-state index is -1.48. The fraction of sp³-hybridized carbons (Fsp3) is 0. The molecule has 2 heteroatoms. The van der Waals surface area contributed by atoms with Crippen LogP contribution in [0.1, 0.15) is 52.1 Å². The Morgan fingerprint density at radius 2 is 0.804 bits per heavy atom. The molecule has 0 aliphatic carbocycles. The van der Waals surface area contributed by atoms with Gasteiger partial charge in [-0.1, -0.05) is 163 Å². The Morgan fingerprint density at radius 3 is 1.52 bits per heavy atom. The van der Waals surface area contributed by atoms with Gasteiger partial charge in [0.2, 0.25) is 0 Å². The van der Waals surface area contributed by atoms with Gasteiger partial charge in [-0.05, 0) is 111 Å². The first kappa shape index (κ1) is 12.0. The van der Waals surface area contributed by atoms with Crippen molar-refractivity contribution in [1.29, 1.82) is 0 Å². The molecule has 0 spiro atoms. The van der Waals surface area contributed by atoms with Gasteiger partial charge in [-0.15, -0.1) is 0 Å². The van der Waals surface area contributed by atoms with Crippen LogP contribution < -0.4 is 4.90 Å². The molecule has 0 fully saturated rings. The van der Waals surface area contributed by atoms with Crippen LogP contribution in [0.3, 0.4) is 0 Å². The van der Waals surface area contributed by atoms with E-state index in [9.17, 15) is 19.2 Å². The van der Waals surface area contributed by atoms with Gasteiger partial charge in [0.05, 0.1) is 63.1 Å². The average molecular weight is 753 g/mol. The molecule has 10 rings (SSSR count). The van der Waals surface area contributed by atoms with Crippen molar-refractivity contribution in [2.75, 3.05) is 4.90 Å². The molecule has 0 bridgehead atoms. The number of fused-ring (bicyclic) bond motifs is 3. The Balaban J connectivity index is 1.47. The lowest BCUT2D eigenvalue weighted by atomic mass is 9.93. The molecule has 56 heavy (non-hydrogen) atoms. The summed E-state index contributed by atoms with van der Waals surface area (Å²) in [5.74, 6) is 0. The number of hydrogen-bond acceptors (Lipinski definition) is 1. The topological polar surface area (TPSA) is 8.17 Å². The van der Waals surface area contributed by atoms with Gasteiger partial charge in [-0.2, -0.15) is 0 Å². The van der Waals surface area contributed by atoms with E-state index >= 15 is 0 Å². The molecular weight excluding hydrogens is 677 g/mol. The van der Waals surface area contributed by atoms with Gasteiger partial charge >= 0.3 is 0 Å². The molecule has 0 radical (unpaired) electrons. The van der Waals surface area contributed by atoms with Crippen molar-refractivity contribution in [3.05, 3.63) is 230 Å². The van der Waals surface area contributed by atoms with E-state index in [0.29, 0.717) is 4.57 Å². The van der Waals surface area contributed by atoms with Crippen LogP contribution in [-0.2, 0) is 0 Å². The first-order valence-electron chi connectivity index (χ1n) is 35.1. The molecule has 1 aromatic heterocycles. The van der Waals surface area contributed by atoms with Crippen LogP contribution >= 0.6 is 0 Å². The molecule has 0 saturated carbocycles. The molecule has 0 aliphatic heterocycles. The highest BCUT2D eigenvalue weighted by Gasteiger charge is 2.18. The second-order valence-corrected chi connectivity index (χ2v) is 11.3. The lowest BCUT2D eigenvalue weighted by Gasteiger charge is -2.27. The van der Waals surface area contributed by atoms with Crippen molar-refractivity contribution in [1.82, 2.24) is 4.57 Å². The van der Waals surface area contributed by atoms with Gasteiger partial charge in [-0.3, -0.25) is 0 Å². The van der Waals surface area contributed by atoms with Gasteiger partial charge in [-0.25, -0.2) is 0 Å². The maximum atomic E-state index is 10.2. The Hall–Kier alpha value is -7.42. The summed E-state index contributed by atoms with van der Waals surface area (Å²) in [7, 11) is 0. The van der Waals surface area contributed by atoms with Crippen LogP contribution in [0, 0.1) is 0 Å². The first-order chi connectivity index (χ1) is 43.6. The number of hydrogen-bond donors (Lipinski definition) is 0. The maximum absolute atomic E-state index is 10.2. The van der Waals surface area contributed by atoms with Gasteiger partial charge in [0.1, 0.15) is 0 Å². The lowest BCUT2D eigenvalue weighted by molar-refractivity contribution is 1.18. The van der Waals surface area contributed by atoms with Crippen LogP contribution in [0.25, 0.3) is 72.0 Å². The fourth-order valence-electron chi connectivity index (χ4n) is 5.68. The zero-order valence-electron chi connectivity index (χ0n) is 65.9. The quantitative estimate of drug-likeness (QED) is 0.150. The molecule has 2 nitrogen and oxygen atoms in total. The number of benzene rings is 9. The second kappa shape index (κ2) is 14.4. The predicted molar refractivity (Wildman–Crippen MR) is 237 cm³/mol. The third-order valence-corrected chi connectivity index (χ3v) is 8.06. The predicted octanol–water partition coefficient (Wildman–Crippen LogP) is 14.9. The monoisotopic (exact) mass is 753 g/mol. The van der Waals surface area contributed by atoms with Crippen molar-refractivity contribution in [2.24, 2.45) is 0 Å². The van der Waals surface area contributed by atoms with Crippen LogP contribution in [0.4, 0.5) is 17.1 Å². The van der Waals surface area contributed by atoms with Crippen LogP contribution in [0.2, 0.25) is 0 Å². The summed E-state index contributed by atoms with van der Waals surface area (Å²) in [4.78, 5) is 0.152. The van der Waals surface area contributed by atoms with E-state index < -0.39 is 319 Å². The van der Waals surface area contributed by atoms with Crippen LogP contribution in [-0.4, -0.2) is 4.57 Å². The third-order valence-electron chi connectivity index (χ3n) is 8.06. The lowest BCUT2D eigenvalue weighted by Crippen LogP contribution is -2.10. The maximum Gasteiger partial charge on any atom is 0.0652 e. The SMILES string of the molecule is [2H]c1c([2H])c([2H])c(-c2c([2H])c([2H])c(N(c3c([2H])c([2H])c([2H])c(-c4c([2H])c([2H])c5c(c4[2H])c4c([2H])c([2H])c([2H])c([2H])c4n5-c4c([2H])c([2H])c([2H])c([2H])c4[2H])c3[2H])c3c([2H])c([2H])c(-c4c([2H])c([2H])c([2H])c([2H])c4[2H])c(-c4c([2H])c([2H])c([2H])c([2H])c4[2H])c3[2H])c([2H])c2[2H])c([2H])c1[2H]. The van der Waals surface area contributed by atoms with E-state index in [1.165, 1.54) is 0 Å².